The van der Waals surface area contributed by atoms with Crippen LogP contribution in [0.3, 0.4) is 0 Å². The van der Waals surface area contributed by atoms with Crippen molar-refractivity contribution >= 4 is 15.8 Å². The average molecular weight is 287 g/mol. The van der Waals surface area contributed by atoms with E-state index in [1.54, 1.807) is 7.05 Å². The molecular formula is C12H21N3O3S. The summed E-state index contributed by atoms with van der Waals surface area (Å²) >= 11 is 0. The lowest BCUT2D eigenvalue weighted by Gasteiger charge is -2.21. The molecule has 1 heterocycles. The van der Waals surface area contributed by atoms with Gasteiger partial charge in [0.1, 0.15) is 5.82 Å². The number of nitrogens with one attached hydrogen (secondary N) is 1. The van der Waals surface area contributed by atoms with E-state index in [1.807, 2.05) is 6.92 Å². The molecule has 2 N–H and O–H groups in total. The second-order valence-corrected chi connectivity index (χ2v) is 6.05. The zero-order chi connectivity index (χ0) is 14.3. The minimum atomic E-state index is -3.57. The molecule has 19 heavy (non-hydrogen) atoms. The van der Waals surface area contributed by atoms with Crippen LogP contribution in [0.1, 0.15) is 19.8 Å². The molecule has 1 rings (SSSR count). The Hall–Kier alpha value is -1.18. The van der Waals surface area contributed by atoms with E-state index in [0.717, 1.165) is 12.8 Å². The van der Waals surface area contributed by atoms with E-state index < -0.39 is 10.0 Å². The van der Waals surface area contributed by atoms with Crippen LogP contribution < -0.4 is 5.32 Å². The molecule has 108 valence electrons. The third-order valence-corrected chi connectivity index (χ3v) is 4.63. The van der Waals surface area contributed by atoms with E-state index in [9.17, 15) is 8.42 Å². The van der Waals surface area contributed by atoms with E-state index in [2.05, 4.69) is 10.3 Å². The average Bonchev–Trinajstić information content (AvgIpc) is 2.43. The first-order valence-electron chi connectivity index (χ1n) is 6.31. The Labute approximate surface area is 114 Å². The van der Waals surface area contributed by atoms with E-state index in [4.69, 9.17) is 5.11 Å². The molecule has 0 aliphatic carbocycles. The SMILES string of the molecule is CCCCN(CCO)S(=O)(=O)c1ccnc(NC)c1. The Balaban J connectivity index is 3.03. The zero-order valence-electron chi connectivity index (χ0n) is 11.3. The van der Waals surface area contributed by atoms with Crippen molar-refractivity contribution < 1.29 is 13.5 Å². The van der Waals surface area contributed by atoms with Crippen LogP contribution in [0.25, 0.3) is 0 Å². The van der Waals surface area contributed by atoms with Gasteiger partial charge in [0, 0.05) is 32.4 Å². The quantitative estimate of drug-likeness (QED) is 0.742. The number of unbranched alkanes of at least 4 members (excludes halogenated alkanes) is 1. The normalized spacial score (nSPS) is 11.8. The number of aliphatic hydroxyl groups is 1. The number of nitrogens with zero attached hydrogens (tertiary/aromatic N) is 2. The lowest BCUT2D eigenvalue weighted by atomic mass is 10.3. The third-order valence-electron chi connectivity index (χ3n) is 2.74. The van der Waals surface area contributed by atoms with E-state index in [-0.39, 0.29) is 18.0 Å². The van der Waals surface area contributed by atoms with Gasteiger partial charge in [-0.25, -0.2) is 13.4 Å². The number of aliphatic hydroxyl groups excluding tert-OH is 1. The fourth-order valence-corrected chi connectivity index (χ4v) is 3.14. The summed E-state index contributed by atoms with van der Waals surface area (Å²) in [6.07, 6.45) is 3.12. The minimum absolute atomic E-state index is 0.111. The maximum absolute atomic E-state index is 12.5. The van der Waals surface area contributed by atoms with E-state index in [1.165, 1.54) is 22.6 Å². The molecule has 0 saturated heterocycles. The summed E-state index contributed by atoms with van der Waals surface area (Å²) in [5, 5.41) is 11.8. The van der Waals surface area contributed by atoms with Gasteiger partial charge in [-0.15, -0.1) is 0 Å². The Morgan fingerprint density at radius 2 is 2.16 bits per heavy atom. The Kier molecular flexibility index (Phi) is 6.20. The van der Waals surface area contributed by atoms with Crippen LogP contribution in [0.2, 0.25) is 0 Å². The smallest absolute Gasteiger partial charge is 0.243 e. The molecule has 6 nitrogen and oxygen atoms in total. The molecule has 0 aliphatic rings. The van der Waals surface area contributed by atoms with Crippen molar-refractivity contribution in [1.82, 2.24) is 9.29 Å². The van der Waals surface area contributed by atoms with Crippen LogP contribution in [0, 0.1) is 0 Å². The van der Waals surface area contributed by atoms with Crippen molar-refractivity contribution in [2.24, 2.45) is 0 Å². The van der Waals surface area contributed by atoms with Crippen LogP contribution in [0.15, 0.2) is 23.2 Å². The van der Waals surface area contributed by atoms with Gasteiger partial charge in [0.05, 0.1) is 11.5 Å². The van der Waals surface area contributed by atoms with Gasteiger partial charge in [-0.1, -0.05) is 13.3 Å². The fourth-order valence-electron chi connectivity index (χ4n) is 1.66. The van der Waals surface area contributed by atoms with Crippen LogP contribution in [-0.2, 0) is 10.0 Å². The highest BCUT2D eigenvalue weighted by Crippen LogP contribution is 2.18. The monoisotopic (exact) mass is 287 g/mol. The summed E-state index contributed by atoms with van der Waals surface area (Å²) in [4.78, 5) is 4.19. The Morgan fingerprint density at radius 3 is 2.74 bits per heavy atom. The molecule has 0 atom stereocenters. The molecule has 1 aromatic heterocycles. The van der Waals surface area contributed by atoms with Crippen molar-refractivity contribution in [2.75, 3.05) is 32.1 Å². The standard InChI is InChI=1S/C12H21N3O3S/c1-3-4-7-15(8-9-16)19(17,18)11-5-6-14-12(10-11)13-2/h5-6,10,16H,3-4,7-9H2,1-2H3,(H,13,14). The second kappa shape index (κ2) is 7.42. The minimum Gasteiger partial charge on any atom is -0.395 e. The summed E-state index contributed by atoms with van der Waals surface area (Å²) in [7, 11) is -1.89. The molecule has 0 fully saturated rings. The Morgan fingerprint density at radius 1 is 1.42 bits per heavy atom. The number of hydrogen-bond acceptors (Lipinski definition) is 5. The highest BCUT2D eigenvalue weighted by Gasteiger charge is 2.23. The lowest BCUT2D eigenvalue weighted by Crippen LogP contribution is -2.34. The summed E-state index contributed by atoms with van der Waals surface area (Å²) in [5.74, 6) is 0.500. The fraction of sp³-hybridized carbons (Fsp3) is 0.583. The van der Waals surface area contributed by atoms with Gasteiger partial charge < -0.3 is 10.4 Å². The van der Waals surface area contributed by atoms with Crippen LogP contribution in [0.5, 0.6) is 0 Å². The maximum Gasteiger partial charge on any atom is 0.243 e. The van der Waals surface area contributed by atoms with Crippen LogP contribution in [0.4, 0.5) is 5.82 Å². The highest BCUT2D eigenvalue weighted by atomic mass is 32.2. The van der Waals surface area contributed by atoms with Crippen molar-refractivity contribution in [3.63, 3.8) is 0 Å². The topological polar surface area (TPSA) is 82.5 Å². The largest absolute Gasteiger partial charge is 0.395 e. The third kappa shape index (κ3) is 4.15. The number of anilines is 1. The Bertz CT molecular complexity index is 491. The molecule has 1 aromatic rings. The number of hydrogen-bond donors (Lipinski definition) is 2. The molecule has 0 amide bonds. The molecule has 7 heteroatoms. The molecule has 0 bridgehead atoms. The number of rotatable bonds is 8. The summed E-state index contributed by atoms with van der Waals surface area (Å²) in [6, 6.07) is 2.96. The maximum atomic E-state index is 12.5. The van der Waals surface area contributed by atoms with E-state index in [0.29, 0.717) is 12.4 Å². The van der Waals surface area contributed by atoms with E-state index >= 15 is 0 Å². The first-order valence-corrected chi connectivity index (χ1v) is 7.75. The molecule has 0 aromatic carbocycles. The van der Waals surface area contributed by atoms with Crippen LogP contribution in [-0.4, -0.2) is 49.6 Å². The first kappa shape index (κ1) is 15.9. The summed E-state index contributed by atoms with van der Waals surface area (Å²) in [6.45, 7) is 2.33. The van der Waals surface area contributed by atoms with Crippen molar-refractivity contribution in [3.8, 4) is 0 Å². The zero-order valence-corrected chi connectivity index (χ0v) is 12.2. The summed E-state index contributed by atoms with van der Waals surface area (Å²) in [5.41, 5.74) is 0. The molecular weight excluding hydrogens is 266 g/mol. The number of sulfonamides is 1. The van der Waals surface area contributed by atoms with Gasteiger partial charge in [-0.05, 0) is 12.5 Å². The molecule has 0 unspecified atom stereocenters. The summed E-state index contributed by atoms with van der Waals surface area (Å²) < 4.78 is 26.2. The van der Waals surface area contributed by atoms with Gasteiger partial charge in [0.2, 0.25) is 10.0 Å². The first-order chi connectivity index (χ1) is 9.06. The van der Waals surface area contributed by atoms with Crippen molar-refractivity contribution in [2.45, 2.75) is 24.7 Å². The van der Waals surface area contributed by atoms with Gasteiger partial charge >= 0.3 is 0 Å². The molecule has 0 spiro atoms. The predicted molar refractivity (Wildman–Crippen MR) is 74.5 cm³/mol. The highest BCUT2D eigenvalue weighted by molar-refractivity contribution is 7.89. The van der Waals surface area contributed by atoms with Gasteiger partial charge in [-0.3, -0.25) is 0 Å². The van der Waals surface area contributed by atoms with Crippen LogP contribution >= 0.6 is 0 Å². The molecule has 0 saturated carbocycles. The number of aromatic nitrogens is 1. The second-order valence-electron chi connectivity index (χ2n) is 4.11. The van der Waals surface area contributed by atoms with Crippen molar-refractivity contribution in [3.05, 3.63) is 18.3 Å². The molecule has 0 radical (unpaired) electrons. The van der Waals surface area contributed by atoms with Gasteiger partial charge in [-0.2, -0.15) is 4.31 Å². The van der Waals surface area contributed by atoms with Crippen molar-refractivity contribution in [1.29, 1.82) is 0 Å². The lowest BCUT2D eigenvalue weighted by molar-refractivity contribution is 0.252. The van der Waals surface area contributed by atoms with Gasteiger partial charge in [0.15, 0.2) is 0 Å². The number of pyridine rings is 1. The van der Waals surface area contributed by atoms with Gasteiger partial charge in [0.25, 0.3) is 0 Å². The molecule has 0 aliphatic heterocycles. The predicted octanol–water partition coefficient (Wildman–Crippen LogP) is 0.906.